The van der Waals surface area contributed by atoms with Gasteiger partial charge in [0.1, 0.15) is 12.2 Å². The number of benzene rings is 1. The Morgan fingerprint density at radius 1 is 1.31 bits per heavy atom. The van der Waals surface area contributed by atoms with Crippen LogP contribution in [0, 0.1) is 17.2 Å². The average molecular weight is 461 g/mol. The fraction of sp³-hybridized carbons (Fsp3) is 0.429. The van der Waals surface area contributed by atoms with Gasteiger partial charge in [-0.2, -0.15) is 9.94 Å². The normalized spacial score (nSPS) is 18.9. The maximum absolute atomic E-state index is 12.7. The first-order valence-electron chi connectivity index (χ1n) is 10.0. The number of ether oxygens (including phenoxy) is 1. The molecule has 1 aliphatic heterocycles. The molecule has 3 rings (SSSR count). The average Bonchev–Trinajstić information content (AvgIpc) is 2.73. The van der Waals surface area contributed by atoms with Gasteiger partial charge < -0.3 is 14.7 Å². The lowest BCUT2D eigenvalue weighted by molar-refractivity contribution is 0.0377. The molecule has 170 valence electrons. The molecule has 2 atom stereocenters. The predicted molar refractivity (Wildman–Crippen MR) is 115 cm³/mol. The van der Waals surface area contributed by atoms with Crippen molar-refractivity contribution in [1.29, 1.82) is 5.26 Å². The Morgan fingerprint density at radius 3 is 2.50 bits per heavy atom. The van der Waals surface area contributed by atoms with Gasteiger partial charge in [0.25, 0.3) is 5.56 Å². The van der Waals surface area contributed by atoms with Gasteiger partial charge in [-0.25, -0.2) is 13.2 Å². The first-order chi connectivity index (χ1) is 15.0. The van der Waals surface area contributed by atoms with Crippen LogP contribution in [0.4, 0.5) is 4.79 Å². The number of nitriles is 1. The summed E-state index contributed by atoms with van der Waals surface area (Å²) in [5.41, 5.74) is -0.340. The van der Waals surface area contributed by atoms with Crippen LogP contribution < -0.4 is 10.3 Å². The SMILES string of the molecule is CC(C)C1CC(Oc2cc(=O)n(-c3ccc(S(C)(=O)=O)cc3)nc2C#N)CCN1C(=O)O. The zero-order chi connectivity index (χ0) is 23.6. The number of hydrogen-bond donors (Lipinski definition) is 1. The fourth-order valence-corrected chi connectivity index (χ4v) is 4.38. The molecule has 2 unspecified atom stereocenters. The minimum atomic E-state index is -3.39. The second-order valence-corrected chi connectivity index (χ2v) is 10.1. The lowest BCUT2D eigenvalue weighted by atomic mass is 9.91. The zero-order valence-electron chi connectivity index (χ0n) is 17.9. The van der Waals surface area contributed by atoms with E-state index < -0.39 is 21.5 Å². The summed E-state index contributed by atoms with van der Waals surface area (Å²) in [4.78, 5) is 25.6. The van der Waals surface area contributed by atoms with E-state index in [1.165, 1.54) is 35.2 Å². The van der Waals surface area contributed by atoms with Crippen molar-refractivity contribution in [3.63, 3.8) is 0 Å². The molecule has 10 nitrogen and oxygen atoms in total. The van der Waals surface area contributed by atoms with E-state index in [-0.39, 0.29) is 34.4 Å². The first-order valence-corrected chi connectivity index (χ1v) is 11.9. The molecule has 1 saturated heterocycles. The highest BCUT2D eigenvalue weighted by atomic mass is 32.2. The highest BCUT2D eigenvalue weighted by Crippen LogP contribution is 2.27. The Hall–Kier alpha value is -3.39. The summed E-state index contributed by atoms with van der Waals surface area (Å²) < 4.78 is 30.2. The number of rotatable bonds is 5. The van der Waals surface area contributed by atoms with Gasteiger partial charge in [-0.05, 0) is 30.2 Å². The topological polar surface area (TPSA) is 143 Å². The second kappa shape index (κ2) is 9.00. The van der Waals surface area contributed by atoms with Crippen LogP contribution in [0.2, 0.25) is 0 Å². The second-order valence-electron chi connectivity index (χ2n) is 8.04. The number of piperidine rings is 1. The molecule has 0 saturated carbocycles. The molecule has 1 N–H and O–H groups in total. The van der Waals surface area contributed by atoms with E-state index in [2.05, 4.69) is 5.10 Å². The van der Waals surface area contributed by atoms with Crippen LogP contribution in [0.3, 0.4) is 0 Å². The number of hydrogen-bond acceptors (Lipinski definition) is 7. The smallest absolute Gasteiger partial charge is 0.407 e. The minimum absolute atomic E-state index is 0.0396. The van der Waals surface area contributed by atoms with Crippen molar-refractivity contribution in [2.75, 3.05) is 12.8 Å². The van der Waals surface area contributed by atoms with Crippen molar-refractivity contribution in [3.8, 4) is 17.5 Å². The maximum atomic E-state index is 12.7. The molecular formula is C21H24N4O6S. The quantitative estimate of drug-likeness (QED) is 0.714. The van der Waals surface area contributed by atoms with E-state index in [4.69, 9.17) is 4.74 Å². The van der Waals surface area contributed by atoms with Gasteiger partial charge in [-0.15, -0.1) is 5.10 Å². The largest absolute Gasteiger partial charge is 0.487 e. The number of amides is 1. The molecule has 0 spiro atoms. The van der Waals surface area contributed by atoms with Gasteiger partial charge in [-0.3, -0.25) is 4.79 Å². The lowest BCUT2D eigenvalue weighted by Crippen LogP contribution is -2.50. The van der Waals surface area contributed by atoms with Gasteiger partial charge >= 0.3 is 6.09 Å². The molecule has 0 aliphatic carbocycles. The molecule has 0 bridgehead atoms. The Morgan fingerprint density at radius 2 is 1.97 bits per heavy atom. The summed E-state index contributed by atoms with van der Waals surface area (Å²) in [6.45, 7) is 4.16. The van der Waals surface area contributed by atoms with Crippen LogP contribution in [0.5, 0.6) is 5.75 Å². The van der Waals surface area contributed by atoms with Crippen LogP contribution in [-0.2, 0) is 9.84 Å². The van der Waals surface area contributed by atoms with Crippen molar-refractivity contribution in [2.45, 2.75) is 43.7 Å². The molecule has 0 radical (unpaired) electrons. The molecule has 32 heavy (non-hydrogen) atoms. The van der Waals surface area contributed by atoms with Crippen molar-refractivity contribution in [1.82, 2.24) is 14.7 Å². The number of carbonyl (C=O) groups is 1. The number of aromatic nitrogens is 2. The molecule has 1 fully saturated rings. The summed E-state index contributed by atoms with van der Waals surface area (Å²) >= 11 is 0. The van der Waals surface area contributed by atoms with Crippen LogP contribution in [-0.4, -0.2) is 59.2 Å². The molecule has 1 aromatic heterocycles. The molecular weight excluding hydrogens is 436 g/mol. The van der Waals surface area contributed by atoms with Gasteiger partial charge in [0.2, 0.25) is 5.69 Å². The van der Waals surface area contributed by atoms with E-state index in [1.54, 1.807) is 0 Å². The number of nitrogens with zero attached hydrogens (tertiary/aromatic N) is 4. The highest BCUT2D eigenvalue weighted by Gasteiger charge is 2.34. The van der Waals surface area contributed by atoms with E-state index >= 15 is 0 Å². The Kier molecular flexibility index (Phi) is 6.55. The van der Waals surface area contributed by atoms with Gasteiger partial charge in [-0.1, -0.05) is 13.8 Å². The molecule has 1 aliphatic rings. The standard InChI is InChI=1S/C21H24N4O6S/c1-13(2)18-10-15(8-9-24(18)21(27)28)31-19-11-20(26)25(23-17(19)12-22)14-4-6-16(7-5-14)32(3,29)30/h4-7,11,13,15,18H,8-10H2,1-3H3,(H,27,28). The van der Waals surface area contributed by atoms with Crippen molar-refractivity contribution < 1.29 is 23.1 Å². The molecule has 2 aromatic rings. The monoisotopic (exact) mass is 460 g/mol. The highest BCUT2D eigenvalue weighted by molar-refractivity contribution is 7.90. The predicted octanol–water partition coefficient (Wildman–Crippen LogP) is 2.05. The third-order valence-corrected chi connectivity index (χ3v) is 6.55. The fourth-order valence-electron chi connectivity index (χ4n) is 3.75. The minimum Gasteiger partial charge on any atom is -0.487 e. The van der Waals surface area contributed by atoms with Crippen LogP contribution in [0.25, 0.3) is 5.69 Å². The first kappa shape index (κ1) is 23.3. The zero-order valence-corrected chi connectivity index (χ0v) is 18.7. The number of likely N-dealkylation sites (tertiary alicyclic amines) is 1. The number of sulfone groups is 1. The van der Waals surface area contributed by atoms with E-state index in [0.717, 1.165) is 10.9 Å². The third kappa shape index (κ3) is 4.91. The Balaban J connectivity index is 1.87. The lowest BCUT2D eigenvalue weighted by Gasteiger charge is -2.39. The summed E-state index contributed by atoms with van der Waals surface area (Å²) in [5.74, 6) is 0.117. The Labute approximate surface area is 185 Å². The van der Waals surface area contributed by atoms with Crippen molar-refractivity contribution in [3.05, 3.63) is 46.4 Å². The molecule has 2 heterocycles. The summed E-state index contributed by atoms with van der Waals surface area (Å²) in [6, 6.07) is 8.44. The number of carboxylic acid groups (broad SMARTS) is 1. The Bertz CT molecular complexity index is 1210. The van der Waals surface area contributed by atoms with Crippen LogP contribution in [0.15, 0.2) is 40.0 Å². The van der Waals surface area contributed by atoms with Gasteiger partial charge in [0.15, 0.2) is 15.6 Å². The van der Waals surface area contributed by atoms with Gasteiger partial charge in [0.05, 0.1) is 16.6 Å². The van der Waals surface area contributed by atoms with Crippen LogP contribution in [0.1, 0.15) is 32.4 Å². The van der Waals surface area contributed by atoms with E-state index in [0.29, 0.717) is 25.1 Å². The summed E-state index contributed by atoms with van der Waals surface area (Å²) in [7, 11) is -3.39. The summed E-state index contributed by atoms with van der Waals surface area (Å²) in [5, 5.41) is 23.0. The van der Waals surface area contributed by atoms with Gasteiger partial charge in [0, 0.05) is 31.7 Å². The molecule has 1 amide bonds. The molecule has 11 heteroatoms. The third-order valence-electron chi connectivity index (χ3n) is 5.42. The summed E-state index contributed by atoms with van der Waals surface area (Å²) in [6.07, 6.45) is 0.598. The van der Waals surface area contributed by atoms with Crippen LogP contribution >= 0.6 is 0 Å². The maximum Gasteiger partial charge on any atom is 0.407 e. The van der Waals surface area contributed by atoms with Crippen molar-refractivity contribution in [2.24, 2.45) is 5.92 Å². The van der Waals surface area contributed by atoms with E-state index in [1.807, 2.05) is 19.9 Å². The molecule has 1 aromatic carbocycles. The van der Waals surface area contributed by atoms with Crippen molar-refractivity contribution >= 4 is 15.9 Å². The van der Waals surface area contributed by atoms with E-state index in [9.17, 15) is 28.4 Å².